The van der Waals surface area contributed by atoms with Crippen LogP contribution in [0.2, 0.25) is 0 Å². The Morgan fingerprint density at radius 3 is 2.87 bits per heavy atom. The van der Waals surface area contributed by atoms with Crippen LogP contribution in [0.4, 0.5) is 0 Å². The first-order chi connectivity index (χ1) is 7.24. The Balaban J connectivity index is 2.48. The number of aromatic nitrogens is 1. The van der Waals surface area contributed by atoms with Crippen LogP contribution in [0.1, 0.15) is 18.4 Å². The fourth-order valence-corrected chi connectivity index (χ4v) is 1.76. The Labute approximate surface area is 88.1 Å². The number of esters is 1. The molecule has 78 valence electrons. The lowest BCUT2D eigenvalue weighted by Crippen LogP contribution is -2.10. The molecular weight excluding hydrogens is 190 g/mol. The molecule has 0 aliphatic rings. The predicted molar refractivity (Wildman–Crippen MR) is 58.7 cm³/mol. The van der Waals surface area contributed by atoms with Gasteiger partial charge >= 0.3 is 5.97 Å². The average Bonchev–Trinajstić information content (AvgIpc) is 2.70. The standard InChI is InChI=1S/C12H13NO2/c1-8(12(14)15-2)10-7-13-11-6-4-3-5-9(10)11/h3-8,13H,1-2H3. The number of ether oxygens (including phenoxy) is 1. The third-order valence-corrected chi connectivity index (χ3v) is 2.64. The molecule has 0 aliphatic carbocycles. The molecule has 0 radical (unpaired) electrons. The van der Waals surface area contributed by atoms with E-state index in [0.29, 0.717) is 0 Å². The molecule has 2 rings (SSSR count). The maximum absolute atomic E-state index is 11.4. The van der Waals surface area contributed by atoms with Crippen molar-refractivity contribution in [1.82, 2.24) is 4.98 Å². The number of H-pyrrole nitrogens is 1. The minimum Gasteiger partial charge on any atom is -0.469 e. The van der Waals surface area contributed by atoms with E-state index < -0.39 is 0 Å². The van der Waals surface area contributed by atoms with Gasteiger partial charge in [0.2, 0.25) is 0 Å². The van der Waals surface area contributed by atoms with Crippen LogP contribution in [0.25, 0.3) is 10.9 Å². The molecule has 0 bridgehead atoms. The molecule has 15 heavy (non-hydrogen) atoms. The number of nitrogens with one attached hydrogen (secondary N) is 1. The van der Waals surface area contributed by atoms with Crippen molar-refractivity contribution in [2.75, 3.05) is 7.11 Å². The van der Waals surface area contributed by atoms with Gasteiger partial charge < -0.3 is 9.72 Å². The molecule has 1 atom stereocenters. The molecule has 3 heteroatoms. The Bertz CT molecular complexity index is 487. The zero-order valence-electron chi connectivity index (χ0n) is 8.78. The van der Waals surface area contributed by atoms with Gasteiger partial charge in [0, 0.05) is 17.1 Å². The molecular formula is C12H13NO2. The largest absolute Gasteiger partial charge is 0.469 e. The van der Waals surface area contributed by atoms with E-state index in [1.165, 1.54) is 7.11 Å². The van der Waals surface area contributed by atoms with Gasteiger partial charge in [-0.2, -0.15) is 0 Å². The van der Waals surface area contributed by atoms with Gasteiger partial charge in [-0.1, -0.05) is 18.2 Å². The average molecular weight is 203 g/mol. The van der Waals surface area contributed by atoms with E-state index in [4.69, 9.17) is 4.74 Å². The second-order valence-electron chi connectivity index (χ2n) is 3.53. The maximum Gasteiger partial charge on any atom is 0.312 e. The summed E-state index contributed by atoms with van der Waals surface area (Å²) in [5.41, 5.74) is 2.03. The normalized spacial score (nSPS) is 12.7. The highest BCUT2D eigenvalue weighted by molar-refractivity contribution is 5.89. The van der Waals surface area contributed by atoms with E-state index in [1.807, 2.05) is 37.4 Å². The summed E-state index contributed by atoms with van der Waals surface area (Å²) in [5.74, 6) is -0.439. The number of aromatic amines is 1. The molecule has 0 amide bonds. The van der Waals surface area contributed by atoms with E-state index in [1.54, 1.807) is 0 Å². The predicted octanol–water partition coefficient (Wildman–Crippen LogP) is 2.44. The SMILES string of the molecule is COC(=O)C(C)c1c[nH]c2ccccc12. The minimum atomic E-state index is -0.230. The van der Waals surface area contributed by atoms with Crippen molar-refractivity contribution in [3.8, 4) is 0 Å². The second-order valence-corrected chi connectivity index (χ2v) is 3.53. The number of hydrogen-bond acceptors (Lipinski definition) is 2. The van der Waals surface area contributed by atoms with Crippen LogP contribution in [0.15, 0.2) is 30.5 Å². The zero-order chi connectivity index (χ0) is 10.8. The lowest BCUT2D eigenvalue weighted by Gasteiger charge is -2.07. The summed E-state index contributed by atoms with van der Waals surface area (Å²) in [6.45, 7) is 1.85. The zero-order valence-corrected chi connectivity index (χ0v) is 8.78. The van der Waals surface area contributed by atoms with Gasteiger partial charge in [-0.05, 0) is 18.6 Å². The van der Waals surface area contributed by atoms with E-state index >= 15 is 0 Å². The molecule has 1 N–H and O–H groups in total. The lowest BCUT2D eigenvalue weighted by molar-refractivity contribution is -0.141. The summed E-state index contributed by atoms with van der Waals surface area (Å²) in [6.07, 6.45) is 1.87. The van der Waals surface area contributed by atoms with Crippen LogP contribution in [0, 0.1) is 0 Å². The number of rotatable bonds is 2. The molecule has 1 aromatic heterocycles. The Kier molecular flexibility index (Phi) is 2.46. The number of benzene rings is 1. The van der Waals surface area contributed by atoms with Gasteiger partial charge in [0.15, 0.2) is 0 Å². The maximum atomic E-state index is 11.4. The summed E-state index contributed by atoms with van der Waals surface area (Å²) < 4.78 is 4.73. The first-order valence-corrected chi connectivity index (χ1v) is 4.88. The molecule has 0 fully saturated rings. The smallest absolute Gasteiger partial charge is 0.312 e. The molecule has 0 spiro atoms. The third-order valence-electron chi connectivity index (χ3n) is 2.64. The summed E-state index contributed by atoms with van der Waals surface area (Å²) in [4.78, 5) is 14.6. The molecule has 1 aromatic carbocycles. The minimum absolute atomic E-state index is 0.209. The number of methoxy groups -OCH3 is 1. The van der Waals surface area contributed by atoms with Gasteiger partial charge in [-0.15, -0.1) is 0 Å². The van der Waals surface area contributed by atoms with Crippen LogP contribution < -0.4 is 0 Å². The molecule has 0 saturated carbocycles. The molecule has 1 unspecified atom stereocenters. The van der Waals surface area contributed by atoms with E-state index in [2.05, 4.69) is 4.98 Å². The quantitative estimate of drug-likeness (QED) is 0.762. The number of para-hydroxylation sites is 1. The Morgan fingerprint density at radius 2 is 2.13 bits per heavy atom. The highest BCUT2D eigenvalue weighted by Crippen LogP contribution is 2.25. The highest BCUT2D eigenvalue weighted by atomic mass is 16.5. The number of fused-ring (bicyclic) bond motifs is 1. The van der Waals surface area contributed by atoms with Crippen molar-refractivity contribution in [1.29, 1.82) is 0 Å². The summed E-state index contributed by atoms with van der Waals surface area (Å²) in [7, 11) is 1.41. The fraction of sp³-hybridized carbons (Fsp3) is 0.250. The highest BCUT2D eigenvalue weighted by Gasteiger charge is 2.18. The summed E-state index contributed by atoms with van der Waals surface area (Å²) in [6, 6.07) is 7.92. The molecule has 1 heterocycles. The van der Waals surface area contributed by atoms with Crippen LogP contribution in [0.5, 0.6) is 0 Å². The number of carbonyl (C=O) groups is 1. The number of carbonyl (C=O) groups excluding carboxylic acids is 1. The van der Waals surface area contributed by atoms with E-state index in [-0.39, 0.29) is 11.9 Å². The van der Waals surface area contributed by atoms with Crippen molar-refractivity contribution in [3.63, 3.8) is 0 Å². The fourth-order valence-electron chi connectivity index (χ4n) is 1.76. The van der Waals surface area contributed by atoms with Crippen molar-refractivity contribution in [2.24, 2.45) is 0 Å². The van der Waals surface area contributed by atoms with E-state index in [0.717, 1.165) is 16.5 Å². The monoisotopic (exact) mass is 203 g/mol. The van der Waals surface area contributed by atoms with Gasteiger partial charge in [0.05, 0.1) is 13.0 Å². The van der Waals surface area contributed by atoms with Crippen LogP contribution >= 0.6 is 0 Å². The topological polar surface area (TPSA) is 42.1 Å². The third kappa shape index (κ3) is 1.61. The van der Waals surface area contributed by atoms with Crippen LogP contribution in [-0.4, -0.2) is 18.1 Å². The van der Waals surface area contributed by atoms with Crippen molar-refractivity contribution in [3.05, 3.63) is 36.0 Å². The molecule has 0 aliphatic heterocycles. The van der Waals surface area contributed by atoms with E-state index in [9.17, 15) is 4.79 Å². The molecule has 2 aromatic rings. The lowest BCUT2D eigenvalue weighted by atomic mass is 10.0. The van der Waals surface area contributed by atoms with Crippen molar-refractivity contribution >= 4 is 16.9 Å². The first-order valence-electron chi connectivity index (χ1n) is 4.88. The first kappa shape index (κ1) is 9.77. The van der Waals surface area contributed by atoms with Crippen molar-refractivity contribution < 1.29 is 9.53 Å². The van der Waals surface area contributed by atoms with Gasteiger partial charge in [-0.3, -0.25) is 4.79 Å². The van der Waals surface area contributed by atoms with Crippen LogP contribution in [0.3, 0.4) is 0 Å². The Morgan fingerprint density at radius 1 is 1.40 bits per heavy atom. The van der Waals surface area contributed by atoms with Gasteiger partial charge in [0.25, 0.3) is 0 Å². The van der Waals surface area contributed by atoms with Gasteiger partial charge in [0.1, 0.15) is 0 Å². The Hall–Kier alpha value is -1.77. The van der Waals surface area contributed by atoms with Gasteiger partial charge in [-0.25, -0.2) is 0 Å². The molecule has 3 nitrogen and oxygen atoms in total. The number of hydrogen-bond donors (Lipinski definition) is 1. The second kappa shape index (κ2) is 3.77. The summed E-state index contributed by atoms with van der Waals surface area (Å²) >= 11 is 0. The summed E-state index contributed by atoms with van der Waals surface area (Å²) in [5, 5.41) is 1.08. The van der Waals surface area contributed by atoms with Crippen molar-refractivity contribution in [2.45, 2.75) is 12.8 Å². The van der Waals surface area contributed by atoms with Crippen LogP contribution in [-0.2, 0) is 9.53 Å². The molecule has 0 saturated heterocycles.